The minimum atomic E-state index is -0.286. The Hall–Kier alpha value is -2.32. The van der Waals surface area contributed by atoms with Crippen LogP contribution in [-0.4, -0.2) is 13.0 Å². The van der Waals surface area contributed by atoms with E-state index in [4.69, 9.17) is 10.00 Å². The topological polar surface area (TPSA) is 62.1 Å². The summed E-state index contributed by atoms with van der Waals surface area (Å²) in [5.74, 6) is 0.169. The van der Waals surface area contributed by atoms with Crippen LogP contribution in [0, 0.1) is 18.3 Å². The summed E-state index contributed by atoms with van der Waals surface area (Å²) >= 11 is 3.40. The van der Waals surface area contributed by atoms with Crippen LogP contribution >= 0.6 is 15.9 Å². The molecular formula is C16H13BrN2O2. The van der Waals surface area contributed by atoms with Crippen molar-refractivity contribution in [3.8, 4) is 11.8 Å². The number of rotatable bonds is 3. The first-order valence-corrected chi connectivity index (χ1v) is 7.00. The van der Waals surface area contributed by atoms with Crippen LogP contribution in [0.3, 0.4) is 0 Å². The summed E-state index contributed by atoms with van der Waals surface area (Å²) in [6.45, 7) is 1.91. The lowest BCUT2D eigenvalue weighted by molar-refractivity contribution is 0.102. The zero-order chi connectivity index (χ0) is 15.4. The molecule has 0 aliphatic rings. The number of methoxy groups -OCH3 is 1. The highest BCUT2D eigenvalue weighted by molar-refractivity contribution is 9.10. The van der Waals surface area contributed by atoms with Crippen LogP contribution in [-0.2, 0) is 0 Å². The summed E-state index contributed by atoms with van der Waals surface area (Å²) in [7, 11) is 1.50. The standard InChI is InChI=1S/C16H13BrN2O2/c1-10-8-11(6-7-13(10)17)16(20)19-15-12(9-18)4-3-5-14(15)21-2/h3-8H,1-2H3,(H,19,20). The molecule has 0 bridgehead atoms. The van der Waals surface area contributed by atoms with Gasteiger partial charge in [0.15, 0.2) is 0 Å². The number of nitrogens with zero attached hydrogens (tertiary/aromatic N) is 1. The van der Waals surface area contributed by atoms with E-state index in [2.05, 4.69) is 21.2 Å². The van der Waals surface area contributed by atoms with Gasteiger partial charge in [0.2, 0.25) is 0 Å². The molecular weight excluding hydrogens is 332 g/mol. The number of para-hydroxylation sites is 1. The Bertz CT molecular complexity index is 736. The quantitative estimate of drug-likeness (QED) is 0.918. The minimum absolute atomic E-state index is 0.286. The fraction of sp³-hybridized carbons (Fsp3) is 0.125. The Morgan fingerprint density at radius 1 is 1.33 bits per heavy atom. The Kier molecular flexibility index (Phi) is 4.61. The number of carbonyl (C=O) groups excluding carboxylic acids is 1. The molecule has 0 aliphatic heterocycles. The molecule has 0 spiro atoms. The summed E-state index contributed by atoms with van der Waals surface area (Å²) in [6.07, 6.45) is 0. The van der Waals surface area contributed by atoms with Gasteiger partial charge in [0.25, 0.3) is 5.91 Å². The highest BCUT2D eigenvalue weighted by Crippen LogP contribution is 2.28. The predicted molar refractivity (Wildman–Crippen MR) is 84.5 cm³/mol. The molecule has 0 unspecified atom stereocenters. The summed E-state index contributed by atoms with van der Waals surface area (Å²) in [6, 6.07) is 12.4. The largest absolute Gasteiger partial charge is 0.495 e. The van der Waals surface area contributed by atoms with Gasteiger partial charge in [0, 0.05) is 10.0 Å². The van der Waals surface area contributed by atoms with Gasteiger partial charge >= 0.3 is 0 Å². The number of hydrogen-bond acceptors (Lipinski definition) is 3. The number of nitriles is 1. The molecule has 21 heavy (non-hydrogen) atoms. The van der Waals surface area contributed by atoms with Gasteiger partial charge < -0.3 is 10.1 Å². The molecule has 0 atom stereocenters. The number of amides is 1. The zero-order valence-electron chi connectivity index (χ0n) is 11.6. The van der Waals surface area contributed by atoms with Crippen LogP contribution in [0.2, 0.25) is 0 Å². The van der Waals surface area contributed by atoms with Gasteiger partial charge in [-0.25, -0.2) is 0 Å². The van der Waals surface area contributed by atoms with Crippen molar-refractivity contribution in [1.82, 2.24) is 0 Å². The summed E-state index contributed by atoms with van der Waals surface area (Å²) in [4.78, 5) is 12.3. The van der Waals surface area contributed by atoms with Gasteiger partial charge in [-0.05, 0) is 42.8 Å². The smallest absolute Gasteiger partial charge is 0.255 e. The molecule has 106 valence electrons. The molecule has 0 saturated carbocycles. The lowest BCUT2D eigenvalue weighted by atomic mass is 10.1. The third kappa shape index (κ3) is 3.23. The number of aryl methyl sites for hydroxylation is 1. The molecule has 4 nitrogen and oxygen atoms in total. The van der Waals surface area contributed by atoms with Crippen LogP contribution in [0.15, 0.2) is 40.9 Å². The van der Waals surface area contributed by atoms with Crippen LogP contribution in [0.5, 0.6) is 5.75 Å². The van der Waals surface area contributed by atoms with Crippen molar-refractivity contribution < 1.29 is 9.53 Å². The average Bonchev–Trinajstić information content (AvgIpc) is 2.50. The van der Waals surface area contributed by atoms with Crippen molar-refractivity contribution in [1.29, 1.82) is 5.26 Å². The van der Waals surface area contributed by atoms with E-state index >= 15 is 0 Å². The van der Waals surface area contributed by atoms with Crippen molar-refractivity contribution in [3.05, 3.63) is 57.6 Å². The number of benzene rings is 2. The Labute approximate surface area is 131 Å². The Morgan fingerprint density at radius 3 is 2.71 bits per heavy atom. The highest BCUT2D eigenvalue weighted by atomic mass is 79.9. The van der Waals surface area contributed by atoms with Crippen LogP contribution in [0.1, 0.15) is 21.5 Å². The second-order valence-electron chi connectivity index (χ2n) is 4.41. The second-order valence-corrected chi connectivity index (χ2v) is 5.27. The monoisotopic (exact) mass is 344 g/mol. The lowest BCUT2D eigenvalue weighted by Gasteiger charge is -2.12. The molecule has 0 fully saturated rings. The number of anilines is 1. The summed E-state index contributed by atoms with van der Waals surface area (Å²) in [5.41, 5.74) is 2.22. The van der Waals surface area contributed by atoms with Crippen LogP contribution < -0.4 is 10.1 Å². The zero-order valence-corrected chi connectivity index (χ0v) is 13.2. The third-order valence-electron chi connectivity index (χ3n) is 3.03. The molecule has 0 heterocycles. The van der Waals surface area contributed by atoms with Gasteiger partial charge in [-0.2, -0.15) is 5.26 Å². The van der Waals surface area contributed by atoms with E-state index in [1.54, 1.807) is 30.3 Å². The van der Waals surface area contributed by atoms with Gasteiger partial charge in [-0.3, -0.25) is 4.79 Å². The molecule has 2 aromatic rings. The van der Waals surface area contributed by atoms with Crippen LogP contribution in [0.4, 0.5) is 5.69 Å². The van der Waals surface area contributed by atoms with E-state index in [-0.39, 0.29) is 5.91 Å². The second kappa shape index (κ2) is 6.42. The van der Waals surface area contributed by atoms with E-state index in [0.717, 1.165) is 10.0 Å². The first-order valence-electron chi connectivity index (χ1n) is 6.21. The maximum Gasteiger partial charge on any atom is 0.255 e. The Morgan fingerprint density at radius 2 is 2.10 bits per heavy atom. The number of nitrogens with one attached hydrogen (secondary N) is 1. The van der Waals surface area contributed by atoms with Crippen molar-refractivity contribution in [2.75, 3.05) is 12.4 Å². The van der Waals surface area contributed by atoms with Gasteiger partial charge in [0.05, 0.1) is 12.7 Å². The maximum atomic E-state index is 12.3. The van der Waals surface area contributed by atoms with Crippen LogP contribution in [0.25, 0.3) is 0 Å². The first-order chi connectivity index (χ1) is 10.1. The molecule has 0 aromatic heterocycles. The first kappa shape index (κ1) is 15.1. The highest BCUT2D eigenvalue weighted by Gasteiger charge is 2.14. The molecule has 2 rings (SSSR count). The minimum Gasteiger partial charge on any atom is -0.495 e. The van der Waals surface area contributed by atoms with Crippen molar-refractivity contribution in [2.24, 2.45) is 0 Å². The molecule has 0 radical (unpaired) electrons. The number of hydrogen-bond donors (Lipinski definition) is 1. The number of ether oxygens (including phenoxy) is 1. The summed E-state index contributed by atoms with van der Waals surface area (Å²) in [5, 5.41) is 11.9. The van der Waals surface area contributed by atoms with Crippen molar-refractivity contribution in [3.63, 3.8) is 0 Å². The van der Waals surface area contributed by atoms with E-state index in [0.29, 0.717) is 22.6 Å². The molecule has 1 N–H and O–H groups in total. The van der Waals surface area contributed by atoms with Crippen molar-refractivity contribution >= 4 is 27.5 Å². The fourth-order valence-electron chi connectivity index (χ4n) is 1.89. The van der Waals surface area contributed by atoms with Gasteiger partial charge in [0.1, 0.15) is 17.5 Å². The van der Waals surface area contributed by atoms with E-state index in [9.17, 15) is 4.79 Å². The molecule has 0 saturated heterocycles. The third-order valence-corrected chi connectivity index (χ3v) is 3.92. The SMILES string of the molecule is COc1cccc(C#N)c1NC(=O)c1ccc(Br)c(C)c1. The maximum absolute atomic E-state index is 12.3. The summed E-state index contributed by atoms with van der Waals surface area (Å²) < 4.78 is 6.13. The predicted octanol–water partition coefficient (Wildman–Crippen LogP) is 3.89. The van der Waals surface area contributed by atoms with E-state index < -0.39 is 0 Å². The molecule has 1 amide bonds. The molecule has 2 aromatic carbocycles. The number of carbonyl (C=O) groups is 1. The van der Waals surface area contributed by atoms with Gasteiger partial charge in [-0.15, -0.1) is 0 Å². The lowest BCUT2D eigenvalue weighted by Crippen LogP contribution is -2.14. The molecule has 5 heteroatoms. The fourth-order valence-corrected chi connectivity index (χ4v) is 2.14. The normalized spacial score (nSPS) is 9.81. The van der Waals surface area contributed by atoms with E-state index in [1.807, 2.05) is 19.1 Å². The van der Waals surface area contributed by atoms with E-state index in [1.165, 1.54) is 7.11 Å². The average molecular weight is 345 g/mol. The molecule has 0 aliphatic carbocycles. The Balaban J connectivity index is 2.36. The van der Waals surface area contributed by atoms with Crippen molar-refractivity contribution in [2.45, 2.75) is 6.92 Å². The number of halogens is 1. The van der Waals surface area contributed by atoms with Gasteiger partial charge in [-0.1, -0.05) is 22.0 Å².